The Hall–Kier alpha value is -2.17. The highest BCUT2D eigenvalue weighted by molar-refractivity contribution is 5.77. The number of aromatic nitrogens is 2. The van der Waals surface area contributed by atoms with Gasteiger partial charge in [0.15, 0.2) is 0 Å². The Bertz CT molecular complexity index is 801. The summed E-state index contributed by atoms with van der Waals surface area (Å²) in [4.78, 5) is 4.45. The van der Waals surface area contributed by atoms with E-state index in [0.29, 0.717) is 6.04 Å². The summed E-state index contributed by atoms with van der Waals surface area (Å²) >= 11 is 0. The third-order valence-corrected chi connectivity index (χ3v) is 4.96. The van der Waals surface area contributed by atoms with Crippen molar-refractivity contribution in [3.63, 3.8) is 0 Å². The van der Waals surface area contributed by atoms with E-state index < -0.39 is 0 Å². The van der Waals surface area contributed by atoms with E-state index in [9.17, 15) is 5.11 Å². The van der Waals surface area contributed by atoms with Gasteiger partial charge < -0.3 is 10.4 Å². The van der Waals surface area contributed by atoms with Crippen LogP contribution in [0.1, 0.15) is 31.2 Å². The van der Waals surface area contributed by atoms with Crippen LogP contribution in [-0.4, -0.2) is 26.8 Å². The number of para-hydroxylation sites is 2. The van der Waals surface area contributed by atoms with Gasteiger partial charge in [-0.2, -0.15) is 0 Å². The first-order valence-electron chi connectivity index (χ1n) is 8.72. The van der Waals surface area contributed by atoms with Crippen LogP contribution < -0.4 is 5.32 Å². The molecule has 1 aliphatic rings. The minimum Gasteiger partial charge on any atom is -0.393 e. The number of benzene rings is 2. The highest BCUT2D eigenvalue weighted by Gasteiger charge is 2.18. The van der Waals surface area contributed by atoms with Gasteiger partial charge in [0.05, 0.1) is 17.1 Å². The fourth-order valence-corrected chi connectivity index (χ4v) is 3.48. The van der Waals surface area contributed by atoms with E-state index in [4.69, 9.17) is 0 Å². The molecule has 1 aliphatic carbocycles. The van der Waals surface area contributed by atoms with Crippen LogP contribution in [0.4, 0.5) is 0 Å². The zero-order chi connectivity index (χ0) is 16.4. The van der Waals surface area contributed by atoms with Crippen molar-refractivity contribution in [2.24, 2.45) is 0 Å². The SMILES string of the molecule is OC1CCC(NCc2ccc(-n3cnc4ccccc43)cc2)CC1. The predicted molar refractivity (Wildman–Crippen MR) is 96.2 cm³/mol. The molecule has 4 nitrogen and oxygen atoms in total. The van der Waals surface area contributed by atoms with Crippen LogP contribution in [0.2, 0.25) is 0 Å². The Kier molecular flexibility index (Phi) is 4.32. The Morgan fingerprint density at radius 2 is 1.75 bits per heavy atom. The second-order valence-electron chi connectivity index (χ2n) is 6.66. The molecule has 0 amide bonds. The first-order chi connectivity index (χ1) is 11.8. The highest BCUT2D eigenvalue weighted by Crippen LogP contribution is 2.20. The molecule has 2 aromatic carbocycles. The summed E-state index contributed by atoms with van der Waals surface area (Å²) < 4.78 is 2.12. The summed E-state index contributed by atoms with van der Waals surface area (Å²) in [6.07, 6.45) is 5.77. The minimum absolute atomic E-state index is 0.0904. The molecule has 1 aromatic heterocycles. The molecular weight excluding hydrogens is 298 g/mol. The maximum atomic E-state index is 9.57. The number of aliphatic hydroxyl groups is 1. The molecule has 0 aliphatic heterocycles. The zero-order valence-electron chi connectivity index (χ0n) is 13.7. The molecule has 0 unspecified atom stereocenters. The van der Waals surface area contributed by atoms with Crippen LogP contribution in [0.15, 0.2) is 54.9 Å². The molecule has 24 heavy (non-hydrogen) atoms. The number of hydrogen-bond acceptors (Lipinski definition) is 3. The van der Waals surface area contributed by atoms with Gasteiger partial charge in [0.25, 0.3) is 0 Å². The Morgan fingerprint density at radius 3 is 2.54 bits per heavy atom. The molecule has 2 N–H and O–H groups in total. The van der Waals surface area contributed by atoms with E-state index in [-0.39, 0.29) is 6.10 Å². The van der Waals surface area contributed by atoms with Crippen molar-refractivity contribution < 1.29 is 5.11 Å². The molecule has 1 saturated carbocycles. The minimum atomic E-state index is -0.0904. The van der Waals surface area contributed by atoms with Crippen molar-refractivity contribution in [2.45, 2.75) is 44.4 Å². The monoisotopic (exact) mass is 321 g/mol. The van der Waals surface area contributed by atoms with Gasteiger partial charge in [-0.05, 0) is 55.5 Å². The number of imidazole rings is 1. The second-order valence-corrected chi connectivity index (χ2v) is 6.66. The van der Waals surface area contributed by atoms with Crippen molar-refractivity contribution in [3.8, 4) is 5.69 Å². The molecule has 0 saturated heterocycles. The topological polar surface area (TPSA) is 50.1 Å². The quantitative estimate of drug-likeness (QED) is 0.774. The Balaban J connectivity index is 1.43. The van der Waals surface area contributed by atoms with Gasteiger partial charge >= 0.3 is 0 Å². The molecule has 0 radical (unpaired) electrons. The maximum Gasteiger partial charge on any atom is 0.100 e. The van der Waals surface area contributed by atoms with E-state index in [1.54, 1.807) is 0 Å². The van der Waals surface area contributed by atoms with E-state index in [1.807, 2.05) is 24.5 Å². The molecule has 1 heterocycles. The van der Waals surface area contributed by atoms with E-state index >= 15 is 0 Å². The van der Waals surface area contributed by atoms with Gasteiger partial charge in [-0.3, -0.25) is 4.57 Å². The highest BCUT2D eigenvalue weighted by atomic mass is 16.3. The zero-order valence-corrected chi connectivity index (χ0v) is 13.7. The molecule has 0 spiro atoms. The molecule has 0 atom stereocenters. The van der Waals surface area contributed by atoms with Gasteiger partial charge in [-0.25, -0.2) is 4.98 Å². The summed E-state index contributed by atoms with van der Waals surface area (Å²) in [5.74, 6) is 0. The number of fused-ring (bicyclic) bond motifs is 1. The van der Waals surface area contributed by atoms with Crippen LogP contribution in [0.25, 0.3) is 16.7 Å². The number of nitrogens with one attached hydrogen (secondary N) is 1. The lowest BCUT2D eigenvalue weighted by Crippen LogP contribution is -2.34. The van der Waals surface area contributed by atoms with Crippen molar-refractivity contribution in [3.05, 3.63) is 60.4 Å². The summed E-state index contributed by atoms with van der Waals surface area (Å²) in [7, 11) is 0. The van der Waals surface area contributed by atoms with Crippen molar-refractivity contribution in [1.82, 2.24) is 14.9 Å². The normalized spacial score (nSPS) is 21.2. The number of hydrogen-bond donors (Lipinski definition) is 2. The smallest absolute Gasteiger partial charge is 0.100 e. The number of aliphatic hydroxyl groups excluding tert-OH is 1. The van der Waals surface area contributed by atoms with Gasteiger partial charge in [-0.1, -0.05) is 24.3 Å². The van der Waals surface area contributed by atoms with E-state index in [1.165, 1.54) is 5.56 Å². The van der Waals surface area contributed by atoms with Crippen LogP contribution in [-0.2, 0) is 6.54 Å². The van der Waals surface area contributed by atoms with E-state index in [0.717, 1.165) is 48.9 Å². The summed E-state index contributed by atoms with van der Waals surface area (Å²) in [6.45, 7) is 0.881. The predicted octanol–water partition coefficient (Wildman–Crippen LogP) is 3.42. The lowest BCUT2D eigenvalue weighted by molar-refractivity contribution is 0.116. The van der Waals surface area contributed by atoms with Gasteiger partial charge in [-0.15, -0.1) is 0 Å². The van der Waals surface area contributed by atoms with Crippen LogP contribution in [0.5, 0.6) is 0 Å². The van der Waals surface area contributed by atoms with Gasteiger partial charge in [0, 0.05) is 18.3 Å². The lowest BCUT2D eigenvalue weighted by Gasteiger charge is -2.26. The maximum absolute atomic E-state index is 9.57. The first-order valence-corrected chi connectivity index (χ1v) is 8.72. The second kappa shape index (κ2) is 6.75. The Labute approximate surface area is 142 Å². The molecular formula is C20H23N3O. The van der Waals surface area contributed by atoms with Gasteiger partial charge in [0.2, 0.25) is 0 Å². The molecule has 0 bridgehead atoms. The Morgan fingerprint density at radius 1 is 1.00 bits per heavy atom. The summed E-state index contributed by atoms with van der Waals surface area (Å²) in [5.41, 5.74) is 4.56. The molecule has 4 heteroatoms. The third kappa shape index (κ3) is 3.21. The standard InChI is InChI=1S/C20H23N3O/c24-18-11-7-16(8-12-18)21-13-15-5-9-17(10-6-15)23-14-22-19-3-1-2-4-20(19)23/h1-6,9-10,14,16,18,21,24H,7-8,11-13H2. The van der Waals surface area contributed by atoms with Crippen LogP contribution in [0, 0.1) is 0 Å². The largest absolute Gasteiger partial charge is 0.393 e. The fourth-order valence-electron chi connectivity index (χ4n) is 3.48. The number of nitrogens with zero attached hydrogens (tertiary/aromatic N) is 2. The average molecular weight is 321 g/mol. The summed E-state index contributed by atoms with van der Waals surface area (Å²) in [6, 6.07) is 17.4. The molecule has 124 valence electrons. The lowest BCUT2D eigenvalue weighted by atomic mass is 9.93. The van der Waals surface area contributed by atoms with Crippen molar-refractivity contribution in [1.29, 1.82) is 0 Å². The summed E-state index contributed by atoms with van der Waals surface area (Å²) in [5, 5.41) is 13.2. The fraction of sp³-hybridized carbons (Fsp3) is 0.350. The van der Waals surface area contributed by atoms with Crippen molar-refractivity contribution >= 4 is 11.0 Å². The van der Waals surface area contributed by atoms with Gasteiger partial charge in [0.1, 0.15) is 6.33 Å². The number of rotatable bonds is 4. The van der Waals surface area contributed by atoms with E-state index in [2.05, 4.69) is 45.2 Å². The van der Waals surface area contributed by atoms with Crippen LogP contribution >= 0.6 is 0 Å². The van der Waals surface area contributed by atoms with Crippen LogP contribution in [0.3, 0.4) is 0 Å². The molecule has 1 fully saturated rings. The van der Waals surface area contributed by atoms with Crippen molar-refractivity contribution in [2.75, 3.05) is 0 Å². The molecule has 3 aromatic rings. The average Bonchev–Trinajstić information content (AvgIpc) is 3.06. The third-order valence-electron chi connectivity index (χ3n) is 4.96. The molecule has 4 rings (SSSR count). The first kappa shape index (κ1) is 15.4.